The maximum Gasteiger partial charge on any atom is 0.160 e. The molecule has 1 aliphatic heterocycles. The Balaban J connectivity index is 2.01. The molecule has 0 radical (unpaired) electrons. The Labute approximate surface area is 121 Å². The molecular weight excluding hydrogens is 252 g/mol. The fraction of sp³-hybridized carbons (Fsp3) is 0.625. The van der Waals surface area contributed by atoms with Crippen molar-refractivity contribution in [1.82, 2.24) is 4.90 Å². The number of benzene rings is 1. The van der Waals surface area contributed by atoms with Crippen LogP contribution in [0.1, 0.15) is 25.3 Å². The Kier molecular flexibility index (Phi) is 5.26. The van der Waals surface area contributed by atoms with Crippen molar-refractivity contribution in [2.45, 2.75) is 38.3 Å². The second-order valence-corrected chi connectivity index (χ2v) is 5.64. The second kappa shape index (κ2) is 6.95. The zero-order valence-corrected chi connectivity index (χ0v) is 12.8. The van der Waals surface area contributed by atoms with Crippen molar-refractivity contribution in [3.63, 3.8) is 0 Å². The Morgan fingerprint density at radius 3 is 2.70 bits per heavy atom. The van der Waals surface area contributed by atoms with Gasteiger partial charge in [-0.15, -0.1) is 0 Å². The standard InChI is InChI=1S/C16H26N2O2/c1-12(18-8-4-5-14(17)11-18)9-13-6-7-15(19-2)16(10-13)20-3/h6-7,10,12,14H,4-5,8-9,11,17H2,1-3H3. The van der Waals surface area contributed by atoms with Gasteiger partial charge in [-0.1, -0.05) is 6.07 Å². The van der Waals surface area contributed by atoms with Crippen LogP contribution < -0.4 is 15.2 Å². The number of hydrogen-bond acceptors (Lipinski definition) is 4. The van der Waals surface area contributed by atoms with Crippen LogP contribution in [0.3, 0.4) is 0 Å². The number of rotatable bonds is 5. The first-order valence-corrected chi connectivity index (χ1v) is 7.34. The topological polar surface area (TPSA) is 47.7 Å². The van der Waals surface area contributed by atoms with Crippen LogP contribution in [0.25, 0.3) is 0 Å². The molecule has 1 aliphatic rings. The lowest BCUT2D eigenvalue weighted by molar-refractivity contribution is 0.158. The average Bonchev–Trinajstić information content (AvgIpc) is 2.47. The van der Waals surface area contributed by atoms with Gasteiger partial charge in [0.2, 0.25) is 0 Å². The minimum Gasteiger partial charge on any atom is -0.493 e. The molecule has 20 heavy (non-hydrogen) atoms. The van der Waals surface area contributed by atoms with Crippen LogP contribution in [0.2, 0.25) is 0 Å². The normalized spacial score (nSPS) is 21.5. The van der Waals surface area contributed by atoms with E-state index in [4.69, 9.17) is 15.2 Å². The van der Waals surface area contributed by atoms with Gasteiger partial charge in [0, 0.05) is 18.6 Å². The SMILES string of the molecule is COc1ccc(CC(C)N2CCCC(N)C2)cc1OC. The summed E-state index contributed by atoms with van der Waals surface area (Å²) in [4.78, 5) is 2.49. The van der Waals surface area contributed by atoms with Crippen molar-refractivity contribution >= 4 is 0 Å². The lowest BCUT2D eigenvalue weighted by Gasteiger charge is -2.35. The van der Waals surface area contributed by atoms with Gasteiger partial charge in [0.15, 0.2) is 11.5 Å². The molecule has 0 aromatic heterocycles. The van der Waals surface area contributed by atoms with E-state index in [-0.39, 0.29) is 0 Å². The fourth-order valence-electron chi connectivity index (χ4n) is 2.92. The molecule has 0 aliphatic carbocycles. The van der Waals surface area contributed by atoms with E-state index in [0.717, 1.165) is 37.4 Å². The quantitative estimate of drug-likeness (QED) is 0.895. The predicted molar refractivity (Wildman–Crippen MR) is 81.5 cm³/mol. The molecule has 1 aromatic rings. The molecule has 0 bridgehead atoms. The van der Waals surface area contributed by atoms with Crippen LogP contribution >= 0.6 is 0 Å². The highest BCUT2D eigenvalue weighted by Gasteiger charge is 2.21. The molecule has 0 amide bonds. The number of nitrogens with two attached hydrogens (primary N) is 1. The summed E-state index contributed by atoms with van der Waals surface area (Å²) < 4.78 is 10.6. The van der Waals surface area contributed by atoms with Crippen molar-refractivity contribution in [3.8, 4) is 11.5 Å². The zero-order valence-electron chi connectivity index (χ0n) is 12.8. The maximum atomic E-state index is 6.06. The lowest BCUT2D eigenvalue weighted by Crippen LogP contribution is -2.47. The molecule has 112 valence electrons. The number of likely N-dealkylation sites (tertiary alicyclic amines) is 1. The highest BCUT2D eigenvalue weighted by atomic mass is 16.5. The van der Waals surface area contributed by atoms with E-state index in [9.17, 15) is 0 Å². The van der Waals surface area contributed by atoms with E-state index in [1.165, 1.54) is 12.0 Å². The minimum atomic E-state index is 0.330. The molecule has 1 aromatic carbocycles. The predicted octanol–water partition coefficient (Wildman–Crippen LogP) is 2.06. The van der Waals surface area contributed by atoms with Crippen LogP contribution in [-0.4, -0.2) is 44.3 Å². The number of ether oxygens (including phenoxy) is 2. The number of hydrogen-bond donors (Lipinski definition) is 1. The van der Waals surface area contributed by atoms with E-state index in [0.29, 0.717) is 12.1 Å². The number of nitrogens with zero attached hydrogens (tertiary/aromatic N) is 1. The fourth-order valence-corrected chi connectivity index (χ4v) is 2.92. The van der Waals surface area contributed by atoms with Crippen molar-refractivity contribution in [2.24, 2.45) is 5.73 Å². The summed E-state index contributed by atoms with van der Waals surface area (Å²) in [5.74, 6) is 1.58. The third-order valence-electron chi connectivity index (χ3n) is 4.09. The van der Waals surface area contributed by atoms with E-state index in [1.54, 1.807) is 14.2 Å². The first-order chi connectivity index (χ1) is 9.63. The van der Waals surface area contributed by atoms with Gasteiger partial charge in [0.25, 0.3) is 0 Å². The van der Waals surface area contributed by atoms with E-state index in [1.807, 2.05) is 6.07 Å². The van der Waals surface area contributed by atoms with Gasteiger partial charge in [-0.3, -0.25) is 4.90 Å². The highest BCUT2D eigenvalue weighted by molar-refractivity contribution is 5.43. The van der Waals surface area contributed by atoms with Crippen molar-refractivity contribution in [3.05, 3.63) is 23.8 Å². The van der Waals surface area contributed by atoms with Gasteiger partial charge in [0.05, 0.1) is 14.2 Å². The van der Waals surface area contributed by atoms with Crippen LogP contribution in [0.4, 0.5) is 0 Å². The zero-order chi connectivity index (χ0) is 14.5. The van der Waals surface area contributed by atoms with Gasteiger partial charge in [-0.05, 0) is 50.4 Å². The van der Waals surface area contributed by atoms with E-state index in [2.05, 4.69) is 24.0 Å². The summed E-state index contributed by atoms with van der Waals surface area (Å²) in [5.41, 5.74) is 7.33. The van der Waals surface area contributed by atoms with E-state index >= 15 is 0 Å². The molecule has 0 saturated carbocycles. The Hall–Kier alpha value is -1.26. The Bertz CT molecular complexity index is 436. The Morgan fingerprint density at radius 1 is 1.30 bits per heavy atom. The molecular formula is C16H26N2O2. The summed E-state index contributed by atoms with van der Waals surface area (Å²) >= 11 is 0. The number of methoxy groups -OCH3 is 2. The highest BCUT2D eigenvalue weighted by Crippen LogP contribution is 2.28. The maximum absolute atomic E-state index is 6.06. The minimum absolute atomic E-state index is 0.330. The van der Waals surface area contributed by atoms with Gasteiger partial charge >= 0.3 is 0 Å². The van der Waals surface area contributed by atoms with Crippen LogP contribution in [-0.2, 0) is 6.42 Å². The third kappa shape index (κ3) is 3.64. The molecule has 1 saturated heterocycles. The number of piperidine rings is 1. The van der Waals surface area contributed by atoms with Crippen molar-refractivity contribution < 1.29 is 9.47 Å². The molecule has 1 heterocycles. The molecule has 2 unspecified atom stereocenters. The summed E-state index contributed by atoms with van der Waals surface area (Å²) in [5, 5.41) is 0. The molecule has 1 fully saturated rings. The van der Waals surface area contributed by atoms with Gasteiger partial charge < -0.3 is 15.2 Å². The summed E-state index contributed by atoms with van der Waals surface area (Å²) in [7, 11) is 3.34. The monoisotopic (exact) mass is 278 g/mol. The third-order valence-corrected chi connectivity index (χ3v) is 4.09. The first kappa shape index (κ1) is 15.1. The summed E-state index contributed by atoms with van der Waals surface area (Å²) in [6, 6.07) is 6.99. The van der Waals surface area contributed by atoms with Gasteiger partial charge in [-0.2, -0.15) is 0 Å². The van der Waals surface area contributed by atoms with E-state index < -0.39 is 0 Å². The lowest BCUT2D eigenvalue weighted by atomic mass is 10.0. The smallest absolute Gasteiger partial charge is 0.160 e. The molecule has 2 atom stereocenters. The van der Waals surface area contributed by atoms with Gasteiger partial charge in [-0.25, -0.2) is 0 Å². The van der Waals surface area contributed by atoms with Crippen LogP contribution in [0.15, 0.2) is 18.2 Å². The average molecular weight is 278 g/mol. The second-order valence-electron chi connectivity index (χ2n) is 5.64. The Morgan fingerprint density at radius 2 is 2.05 bits per heavy atom. The molecule has 0 spiro atoms. The van der Waals surface area contributed by atoms with Gasteiger partial charge in [0.1, 0.15) is 0 Å². The molecule has 4 nitrogen and oxygen atoms in total. The van der Waals surface area contributed by atoms with Crippen LogP contribution in [0, 0.1) is 0 Å². The molecule has 2 rings (SSSR count). The van der Waals surface area contributed by atoms with Crippen molar-refractivity contribution in [2.75, 3.05) is 27.3 Å². The molecule has 2 N–H and O–H groups in total. The summed E-state index contributed by atoms with van der Waals surface area (Å²) in [6.07, 6.45) is 3.37. The largest absolute Gasteiger partial charge is 0.493 e. The summed E-state index contributed by atoms with van der Waals surface area (Å²) in [6.45, 7) is 4.44. The first-order valence-electron chi connectivity index (χ1n) is 7.34. The van der Waals surface area contributed by atoms with Crippen LogP contribution in [0.5, 0.6) is 11.5 Å². The van der Waals surface area contributed by atoms with Crippen molar-refractivity contribution in [1.29, 1.82) is 0 Å². The molecule has 4 heteroatoms.